The lowest BCUT2D eigenvalue weighted by atomic mass is 10.1. The Morgan fingerprint density at radius 1 is 1.32 bits per heavy atom. The second kappa shape index (κ2) is 7.19. The molecule has 7 heteroatoms. The standard InChI is InChI=1S/C18H17ClFN3O2/c1-12-10-22(17-5-3-14(20)9-21-17)6-7-23(12)18(25)15-8-13(11-24)2-4-16(15)19/h2-5,8-9,11-12H,6-7,10H2,1H3/t12-/m0/s1. The first-order valence-electron chi connectivity index (χ1n) is 7.92. The van der Waals surface area contributed by atoms with Gasteiger partial charge in [-0.25, -0.2) is 9.37 Å². The van der Waals surface area contributed by atoms with E-state index in [1.54, 1.807) is 23.1 Å². The van der Waals surface area contributed by atoms with E-state index < -0.39 is 0 Å². The summed E-state index contributed by atoms with van der Waals surface area (Å²) in [7, 11) is 0. The Hall–Kier alpha value is -2.47. The molecule has 130 valence electrons. The molecule has 2 aromatic rings. The number of hydrogen-bond donors (Lipinski definition) is 0. The van der Waals surface area contributed by atoms with Gasteiger partial charge in [-0.2, -0.15) is 0 Å². The monoisotopic (exact) mass is 361 g/mol. The van der Waals surface area contributed by atoms with Crippen molar-refractivity contribution < 1.29 is 14.0 Å². The molecule has 0 aliphatic carbocycles. The van der Waals surface area contributed by atoms with Crippen molar-refractivity contribution in [1.82, 2.24) is 9.88 Å². The summed E-state index contributed by atoms with van der Waals surface area (Å²) in [5, 5.41) is 0.324. The molecule has 1 amide bonds. The van der Waals surface area contributed by atoms with E-state index in [9.17, 15) is 14.0 Å². The average Bonchev–Trinajstić information content (AvgIpc) is 2.62. The van der Waals surface area contributed by atoms with Gasteiger partial charge in [0.15, 0.2) is 0 Å². The maximum absolute atomic E-state index is 13.0. The highest BCUT2D eigenvalue weighted by atomic mass is 35.5. The van der Waals surface area contributed by atoms with Crippen LogP contribution in [0.4, 0.5) is 10.2 Å². The van der Waals surface area contributed by atoms with Gasteiger partial charge in [-0.05, 0) is 31.2 Å². The molecule has 1 saturated heterocycles. The number of hydrogen-bond acceptors (Lipinski definition) is 4. The van der Waals surface area contributed by atoms with Crippen LogP contribution >= 0.6 is 11.6 Å². The third kappa shape index (κ3) is 3.64. The van der Waals surface area contributed by atoms with Crippen LogP contribution in [0.25, 0.3) is 0 Å². The molecule has 0 N–H and O–H groups in total. The van der Waals surface area contributed by atoms with Gasteiger partial charge in [-0.3, -0.25) is 9.59 Å². The molecule has 0 bridgehead atoms. The minimum atomic E-state index is -0.379. The number of anilines is 1. The molecule has 5 nitrogen and oxygen atoms in total. The molecule has 0 saturated carbocycles. The van der Waals surface area contributed by atoms with Gasteiger partial charge in [0.2, 0.25) is 0 Å². The molecule has 0 radical (unpaired) electrons. The van der Waals surface area contributed by atoms with E-state index >= 15 is 0 Å². The topological polar surface area (TPSA) is 53.5 Å². The lowest BCUT2D eigenvalue weighted by Gasteiger charge is -2.40. The third-order valence-corrected chi connectivity index (χ3v) is 4.61. The Balaban J connectivity index is 1.76. The second-order valence-electron chi connectivity index (χ2n) is 5.99. The van der Waals surface area contributed by atoms with E-state index in [2.05, 4.69) is 4.98 Å². The number of carbonyl (C=O) groups excluding carboxylic acids is 2. The largest absolute Gasteiger partial charge is 0.353 e. The summed E-state index contributed by atoms with van der Waals surface area (Å²) < 4.78 is 13.0. The fourth-order valence-corrected chi connectivity index (χ4v) is 3.16. The van der Waals surface area contributed by atoms with Crippen LogP contribution in [0.2, 0.25) is 5.02 Å². The number of rotatable bonds is 3. The molecule has 1 aliphatic heterocycles. The van der Waals surface area contributed by atoms with E-state index in [-0.39, 0.29) is 17.8 Å². The first-order chi connectivity index (χ1) is 12.0. The van der Waals surface area contributed by atoms with Crippen LogP contribution in [0.5, 0.6) is 0 Å². The van der Waals surface area contributed by atoms with Crippen molar-refractivity contribution in [3.8, 4) is 0 Å². The van der Waals surface area contributed by atoms with Crippen LogP contribution in [-0.2, 0) is 0 Å². The molecule has 1 aromatic heterocycles. The molecule has 25 heavy (non-hydrogen) atoms. The van der Waals surface area contributed by atoms with Crippen molar-refractivity contribution in [3.63, 3.8) is 0 Å². The van der Waals surface area contributed by atoms with Crippen LogP contribution < -0.4 is 4.90 Å². The Morgan fingerprint density at radius 2 is 2.12 bits per heavy atom. The number of aromatic nitrogens is 1. The normalized spacial score (nSPS) is 17.5. The SMILES string of the molecule is C[C@H]1CN(c2ccc(F)cn2)CCN1C(=O)c1cc(C=O)ccc1Cl. The Morgan fingerprint density at radius 3 is 2.76 bits per heavy atom. The Bertz CT molecular complexity index is 797. The number of piperazine rings is 1. The van der Waals surface area contributed by atoms with Gasteiger partial charge in [0, 0.05) is 31.2 Å². The summed E-state index contributed by atoms with van der Waals surface area (Å²) >= 11 is 6.14. The van der Waals surface area contributed by atoms with Gasteiger partial charge >= 0.3 is 0 Å². The zero-order valence-corrected chi connectivity index (χ0v) is 14.4. The summed E-state index contributed by atoms with van der Waals surface area (Å²) in [5.74, 6) is 0.101. The van der Waals surface area contributed by atoms with E-state index in [0.29, 0.717) is 47.9 Å². The lowest BCUT2D eigenvalue weighted by Crippen LogP contribution is -2.54. The first-order valence-corrected chi connectivity index (χ1v) is 8.29. The number of carbonyl (C=O) groups is 2. The molecule has 1 aliphatic rings. The second-order valence-corrected chi connectivity index (χ2v) is 6.39. The van der Waals surface area contributed by atoms with E-state index in [1.165, 1.54) is 18.3 Å². The van der Waals surface area contributed by atoms with Crippen LogP contribution in [0, 0.1) is 5.82 Å². The van der Waals surface area contributed by atoms with Crippen molar-refractivity contribution in [1.29, 1.82) is 0 Å². The van der Waals surface area contributed by atoms with Crippen molar-refractivity contribution in [2.24, 2.45) is 0 Å². The number of halogens is 2. The van der Waals surface area contributed by atoms with Gasteiger partial charge in [0.25, 0.3) is 5.91 Å². The summed E-state index contributed by atoms with van der Waals surface area (Å²) in [4.78, 5) is 31.6. The molecule has 1 fully saturated rings. The molecule has 0 unspecified atom stereocenters. The van der Waals surface area contributed by atoms with E-state index in [0.717, 1.165) is 0 Å². The Kier molecular flexibility index (Phi) is 4.99. The predicted octanol–water partition coefficient (Wildman–Crippen LogP) is 3.04. The smallest absolute Gasteiger partial charge is 0.255 e. The van der Waals surface area contributed by atoms with Crippen molar-refractivity contribution in [2.45, 2.75) is 13.0 Å². The Labute approximate surface area is 150 Å². The number of nitrogens with zero attached hydrogens (tertiary/aromatic N) is 3. The molecule has 1 aromatic carbocycles. The van der Waals surface area contributed by atoms with Gasteiger partial charge < -0.3 is 9.80 Å². The van der Waals surface area contributed by atoms with Crippen LogP contribution in [0.1, 0.15) is 27.6 Å². The third-order valence-electron chi connectivity index (χ3n) is 4.28. The molecule has 2 heterocycles. The van der Waals surface area contributed by atoms with E-state index in [4.69, 9.17) is 11.6 Å². The molecule has 1 atom stereocenters. The highest BCUT2D eigenvalue weighted by molar-refractivity contribution is 6.34. The van der Waals surface area contributed by atoms with Gasteiger partial charge in [0.1, 0.15) is 17.9 Å². The summed E-state index contributed by atoms with van der Waals surface area (Å²) in [5.41, 5.74) is 0.737. The van der Waals surface area contributed by atoms with Crippen molar-refractivity contribution >= 4 is 29.6 Å². The fraction of sp³-hybridized carbons (Fsp3) is 0.278. The van der Waals surface area contributed by atoms with Crippen LogP contribution in [0.3, 0.4) is 0 Å². The molecular formula is C18H17ClFN3O2. The van der Waals surface area contributed by atoms with Crippen molar-refractivity contribution in [3.05, 3.63) is 58.5 Å². The average molecular weight is 362 g/mol. The van der Waals surface area contributed by atoms with Gasteiger partial charge in [-0.1, -0.05) is 17.7 Å². The highest BCUT2D eigenvalue weighted by Crippen LogP contribution is 2.23. The molecule has 3 rings (SSSR count). The fourth-order valence-electron chi connectivity index (χ4n) is 2.96. The zero-order valence-electron chi connectivity index (χ0n) is 13.7. The summed E-state index contributed by atoms with van der Waals surface area (Å²) in [6, 6.07) is 7.57. The molecule has 0 spiro atoms. The molecular weight excluding hydrogens is 345 g/mol. The van der Waals surface area contributed by atoms with Gasteiger partial charge in [0.05, 0.1) is 16.8 Å². The number of benzene rings is 1. The first kappa shape index (κ1) is 17.4. The van der Waals surface area contributed by atoms with Crippen molar-refractivity contribution in [2.75, 3.05) is 24.5 Å². The summed E-state index contributed by atoms with van der Waals surface area (Å²) in [6.07, 6.45) is 1.87. The summed E-state index contributed by atoms with van der Waals surface area (Å²) in [6.45, 7) is 3.58. The minimum Gasteiger partial charge on any atom is -0.353 e. The van der Waals surface area contributed by atoms with Crippen LogP contribution in [-0.4, -0.2) is 47.8 Å². The number of pyridine rings is 1. The minimum absolute atomic E-state index is 0.0796. The zero-order chi connectivity index (χ0) is 18.0. The maximum Gasteiger partial charge on any atom is 0.255 e. The number of amides is 1. The predicted molar refractivity (Wildman–Crippen MR) is 93.7 cm³/mol. The van der Waals surface area contributed by atoms with E-state index in [1.807, 2.05) is 11.8 Å². The number of aldehydes is 1. The van der Waals surface area contributed by atoms with Crippen LogP contribution in [0.15, 0.2) is 36.5 Å². The maximum atomic E-state index is 13.0. The lowest BCUT2D eigenvalue weighted by molar-refractivity contribution is 0.0674. The highest BCUT2D eigenvalue weighted by Gasteiger charge is 2.29. The van der Waals surface area contributed by atoms with Gasteiger partial charge in [-0.15, -0.1) is 0 Å². The quantitative estimate of drug-likeness (QED) is 0.788.